The number of rotatable bonds is 7. The molecule has 0 saturated carbocycles. The van der Waals surface area contributed by atoms with Crippen molar-refractivity contribution in [2.75, 3.05) is 23.4 Å². The smallest absolute Gasteiger partial charge is 0.225 e. The number of hydrogen-bond acceptors (Lipinski definition) is 3. The molecule has 0 spiro atoms. The molecule has 2 N–H and O–H groups in total. The Morgan fingerprint density at radius 2 is 2.11 bits per heavy atom. The Bertz CT molecular complexity index is 370. The van der Waals surface area contributed by atoms with E-state index in [0.29, 0.717) is 12.1 Å². The summed E-state index contributed by atoms with van der Waals surface area (Å²) >= 11 is 1.65. The lowest BCUT2D eigenvalue weighted by molar-refractivity contribution is -0.115. The van der Waals surface area contributed by atoms with Crippen molar-refractivity contribution >= 4 is 23.4 Å². The highest BCUT2D eigenvalue weighted by atomic mass is 32.2. The van der Waals surface area contributed by atoms with Crippen LogP contribution in [0.3, 0.4) is 0 Å². The van der Waals surface area contributed by atoms with E-state index in [-0.39, 0.29) is 24.2 Å². The second-order valence-corrected chi connectivity index (χ2v) is 5.32. The molecule has 0 aliphatic rings. The minimum atomic E-state index is -0.318. The fourth-order valence-electron chi connectivity index (χ4n) is 1.26. The van der Waals surface area contributed by atoms with Gasteiger partial charge >= 0.3 is 0 Å². The van der Waals surface area contributed by atoms with E-state index >= 15 is 0 Å². The first-order chi connectivity index (χ1) is 8.61. The van der Waals surface area contributed by atoms with E-state index < -0.39 is 0 Å². The van der Waals surface area contributed by atoms with Gasteiger partial charge in [0.1, 0.15) is 5.82 Å². The molecule has 1 aromatic carbocycles. The van der Waals surface area contributed by atoms with Crippen molar-refractivity contribution < 1.29 is 14.3 Å². The van der Waals surface area contributed by atoms with Crippen LogP contribution in [0.1, 0.15) is 13.3 Å². The van der Waals surface area contributed by atoms with E-state index in [1.807, 2.05) is 6.92 Å². The second kappa shape index (κ2) is 8.11. The Kier molecular flexibility index (Phi) is 6.75. The molecule has 1 aromatic rings. The maximum atomic E-state index is 12.6. The summed E-state index contributed by atoms with van der Waals surface area (Å²) in [5, 5.41) is 11.5. The zero-order valence-corrected chi connectivity index (χ0v) is 11.2. The lowest BCUT2D eigenvalue weighted by Crippen LogP contribution is -2.13. The first-order valence-electron chi connectivity index (χ1n) is 5.86. The van der Waals surface area contributed by atoms with Crippen molar-refractivity contribution in [3.63, 3.8) is 0 Å². The van der Waals surface area contributed by atoms with E-state index in [9.17, 15) is 9.18 Å². The summed E-state index contributed by atoms with van der Waals surface area (Å²) in [7, 11) is 0. The largest absolute Gasteiger partial charge is 0.396 e. The van der Waals surface area contributed by atoms with Crippen LogP contribution in [0.4, 0.5) is 10.1 Å². The summed E-state index contributed by atoms with van der Waals surface area (Å²) in [6.45, 7) is 2.14. The SMILES string of the molecule is CC(CO)CSCCC(=O)Nc1ccc(F)cc1. The Morgan fingerprint density at radius 1 is 1.44 bits per heavy atom. The van der Waals surface area contributed by atoms with Crippen molar-refractivity contribution in [3.05, 3.63) is 30.1 Å². The molecule has 0 radical (unpaired) electrons. The predicted octanol–water partition coefficient (Wildman–Crippen LogP) is 2.52. The second-order valence-electron chi connectivity index (χ2n) is 4.17. The van der Waals surface area contributed by atoms with Crippen LogP contribution in [0.2, 0.25) is 0 Å². The highest BCUT2D eigenvalue weighted by molar-refractivity contribution is 7.99. The summed E-state index contributed by atoms with van der Waals surface area (Å²) in [6, 6.07) is 5.70. The number of thioether (sulfide) groups is 1. The van der Waals surface area contributed by atoms with Gasteiger partial charge in [-0.3, -0.25) is 4.79 Å². The lowest BCUT2D eigenvalue weighted by atomic mass is 10.2. The van der Waals surface area contributed by atoms with E-state index in [1.54, 1.807) is 11.8 Å². The number of carbonyl (C=O) groups is 1. The zero-order valence-electron chi connectivity index (χ0n) is 10.4. The molecule has 5 heteroatoms. The fraction of sp³-hybridized carbons (Fsp3) is 0.462. The highest BCUT2D eigenvalue weighted by Gasteiger charge is 2.04. The first kappa shape index (κ1) is 15.0. The summed E-state index contributed by atoms with van der Waals surface area (Å²) in [6.07, 6.45) is 0.417. The Morgan fingerprint density at radius 3 is 2.72 bits per heavy atom. The van der Waals surface area contributed by atoms with Gasteiger partial charge in [0.2, 0.25) is 5.91 Å². The number of halogens is 1. The molecule has 100 valence electrons. The van der Waals surface area contributed by atoms with Crippen LogP contribution < -0.4 is 5.32 Å². The molecular formula is C13H18FNO2S. The molecule has 1 rings (SSSR count). The molecule has 0 bridgehead atoms. The number of carbonyl (C=O) groups excluding carboxylic acids is 1. The van der Waals surface area contributed by atoms with Crippen molar-refractivity contribution in [1.82, 2.24) is 0 Å². The molecule has 3 nitrogen and oxygen atoms in total. The lowest BCUT2D eigenvalue weighted by Gasteiger charge is -2.07. The van der Waals surface area contributed by atoms with Crippen molar-refractivity contribution in [2.45, 2.75) is 13.3 Å². The number of hydrogen-bond donors (Lipinski definition) is 2. The van der Waals surface area contributed by atoms with Crippen molar-refractivity contribution in [2.24, 2.45) is 5.92 Å². The Labute approximate surface area is 111 Å². The third-order valence-corrected chi connectivity index (χ3v) is 3.61. The van der Waals surface area contributed by atoms with Gasteiger partial charge in [-0.1, -0.05) is 6.92 Å². The molecule has 0 fully saturated rings. The molecule has 1 atom stereocenters. The summed E-state index contributed by atoms with van der Waals surface area (Å²) in [4.78, 5) is 11.5. The molecular weight excluding hydrogens is 253 g/mol. The summed E-state index contributed by atoms with van der Waals surface area (Å²) in [5.74, 6) is 1.43. The van der Waals surface area contributed by atoms with Crippen molar-refractivity contribution in [1.29, 1.82) is 0 Å². The summed E-state index contributed by atoms with van der Waals surface area (Å²) < 4.78 is 12.6. The van der Waals surface area contributed by atoms with E-state index in [1.165, 1.54) is 24.3 Å². The van der Waals surface area contributed by atoms with E-state index in [2.05, 4.69) is 5.32 Å². The molecule has 1 unspecified atom stereocenters. The topological polar surface area (TPSA) is 49.3 Å². The van der Waals surface area contributed by atoms with Crippen LogP contribution >= 0.6 is 11.8 Å². The third-order valence-electron chi connectivity index (χ3n) is 2.32. The molecule has 0 heterocycles. The van der Waals surface area contributed by atoms with Gasteiger partial charge in [-0.25, -0.2) is 4.39 Å². The van der Waals surface area contributed by atoms with Crippen LogP contribution in [0.25, 0.3) is 0 Å². The van der Waals surface area contributed by atoms with E-state index in [4.69, 9.17) is 5.11 Å². The number of benzene rings is 1. The summed E-state index contributed by atoms with van der Waals surface area (Å²) in [5.41, 5.74) is 0.607. The maximum absolute atomic E-state index is 12.6. The average Bonchev–Trinajstić information content (AvgIpc) is 2.37. The van der Waals surface area contributed by atoms with Gasteiger partial charge in [0.15, 0.2) is 0 Å². The molecule has 0 aliphatic heterocycles. The fourth-order valence-corrected chi connectivity index (χ4v) is 2.26. The third kappa shape index (κ3) is 6.02. The monoisotopic (exact) mass is 271 g/mol. The average molecular weight is 271 g/mol. The number of nitrogens with one attached hydrogen (secondary N) is 1. The zero-order chi connectivity index (χ0) is 13.4. The molecule has 0 aromatic heterocycles. The molecule has 0 aliphatic carbocycles. The van der Waals surface area contributed by atoms with Crippen molar-refractivity contribution in [3.8, 4) is 0 Å². The quantitative estimate of drug-likeness (QED) is 0.749. The predicted molar refractivity (Wildman–Crippen MR) is 73.2 cm³/mol. The number of amides is 1. The Balaban J connectivity index is 2.19. The van der Waals surface area contributed by atoms with Crippen LogP contribution in [0, 0.1) is 11.7 Å². The number of aliphatic hydroxyl groups excluding tert-OH is 1. The first-order valence-corrected chi connectivity index (χ1v) is 7.01. The van der Waals surface area contributed by atoms with Gasteiger partial charge in [-0.05, 0) is 35.9 Å². The van der Waals surface area contributed by atoms with Crippen LogP contribution in [-0.4, -0.2) is 29.1 Å². The number of aliphatic hydroxyl groups is 1. The van der Waals surface area contributed by atoms with Gasteiger partial charge in [0.25, 0.3) is 0 Å². The molecule has 1 amide bonds. The Hall–Kier alpha value is -1.07. The van der Waals surface area contributed by atoms with Gasteiger partial charge in [-0.15, -0.1) is 0 Å². The van der Waals surface area contributed by atoms with Crippen LogP contribution in [0.5, 0.6) is 0 Å². The normalized spacial score (nSPS) is 12.2. The van der Waals surface area contributed by atoms with Gasteiger partial charge in [-0.2, -0.15) is 11.8 Å². The van der Waals surface area contributed by atoms with Crippen LogP contribution in [0.15, 0.2) is 24.3 Å². The molecule has 0 saturated heterocycles. The standard InChI is InChI=1S/C13H18FNO2S/c1-10(8-16)9-18-7-6-13(17)15-12-4-2-11(14)3-5-12/h2-5,10,16H,6-9H2,1H3,(H,15,17). The number of anilines is 1. The highest BCUT2D eigenvalue weighted by Crippen LogP contribution is 2.11. The van der Waals surface area contributed by atoms with Gasteiger partial charge in [0, 0.05) is 24.5 Å². The minimum absolute atomic E-state index is 0.0780. The maximum Gasteiger partial charge on any atom is 0.225 e. The minimum Gasteiger partial charge on any atom is -0.396 e. The van der Waals surface area contributed by atoms with E-state index in [0.717, 1.165) is 11.5 Å². The molecule has 18 heavy (non-hydrogen) atoms. The van der Waals surface area contributed by atoms with Gasteiger partial charge in [0.05, 0.1) is 0 Å². The van der Waals surface area contributed by atoms with Gasteiger partial charge < -0.3 is 10.4 Å². The van der Waals surface area contributed by atoms with Crippen LogP contribution in [-0.2, 0) is 4.79 Å².